The van der Waals surface area contributed by atoms with Crippen LogP contribution in [0.2, 0.25) is 0 Å². The third-order valence-electron chi connectivity index (χ3n) is 4.58. The van der Waals surface area contributed by atoms with Crippen LogP contribution in [0.4, 0.5) is 0 Å². The Morgan fingerprint density at radius 2 is 1.92 bits per heavy atom. The summed E-state index contributed by atoms with van der Waals surface area (Å²) in [5.41, 5.74) is 5.54. The summed E-state index contributed by atoms with van der Waals surface area (Å²) in [6.07, 6.45) is 0.320. The lowest BCUT2D eigenvalue weighted by atomic mass is 10.0. The number of methoxy groups -OCH3 is 1. The van der Waals surface area contributed by atoms with Crippen LogP contribution in [0.15, 0.2) is 35.3 Å². The lowest BCUT2D eigenvalue weighted by molar-refractivity contribution is -0.117. The molecule has 0 radical (unpaired) electrons. The molecule has 26 heavy (non-hydrogen) atoms. The fourth-order valence-electron chi connectivity index (χ4n) is 3.17. The Hall–Kier alpha value is -2.40. The van der Waals surface area contributed by atoms with Gasteiger partial charge in [0.25, 0.3) is 5.91 Å². The first-order valence-electron chi connectivity index (χ1n) is 8.75. The topological polar surface area (TPSA) is 43.6 Å². The molecule has 5 heteroatoms. The van der Waals surface area contributed by atoms with Crippen molar-refractivity contribution in [1.82, 2.24) is 4.57 Å². The molecule has 1 heterocycles. The second-order valence-electron chi connectivity index (χ2n) is 6.50. The van der Waals surface area contributed by atoms with E-state index >= 15 is 0 Å². The van der Waals surface area contributed by atoms with Gasteiger partial charge in [0.05, 0.1) is 18.2 Å². The molecule has 0 bridgehead atoms. The summed E-state index contributed by atoms with van der Waals surface area (Å²) in [5, 5.41) is 0. The third kappa shape index (κ3) is 3.44. The van der Waals surface area contributed by atoms with Crippen LogP contribution < -0.4 is 9.54 Å². The van der Waals surface area contributed by atoms with Crippen molar-refractivity contribution in [3.05, 3.63) is 57.4 Å². The molecule has 0 N–H and O–H groups in total. The Balaban J connectivity index is 2.06. The molecule has 136 valence electrons. The molecule has 0 saturated carbocycles. The normalized spacial score (nSPS) is 12.0. The van der Waals surface area contributed by atoms with E-state index in [1.807, 2.05) is 31.2 Å². The van der Waals surface area contributed by atoms with E-state index in [4.69, 9.17) is 4.74 Å². The van der Waals surface area contributed by atoms with Crippen molar-refractivity contribution in [1.29, 1.82) is 0 Å². The van der Waals surface area contributed by atoms with Gasteiger partial charge >= 0.3 is 0 Å². The lowest BCUT2D eigenvalue weighted by Crippen LogP contribution is -2.17. The highest BCUT2D eigenvalue weighted by atomic mass is 32.1. The van der Waals surface area contributed by atoms with Crippen LogP contribution in [0.5, 0.6) is 5.75 Å². The summed E-state index contributed by atoms with van der Waals surface area (Å²) in [6.45, 7) is 8.95. The van der Waals surface area contributed by atoms with Crippen molar-refractivity contribution in [2.45, 2.75) is 40.7 Å². The molecule has 2 aromatic carbocycles. The minimum Gasteiger partial charge on any atom is -0.495 e. The van der Waals surface area contributed by atoms with Crippen molar-refractivity contribution < 1.29 is 9.53 Å². The number of carbonyl (C=O) groups excluding carboxylic acids is 1. The minimum absolute atomic E-state index is 0.123. The summed E-state index contributed by atoms with van der Waals surface area (Å²) < 4.78 is 8.70. The summed E-state index contributed by atoms with van der Waals surface area (Å²) >= 11 is 1.55. The first kappa shape index (κ1) is 18.4. The van der Waals surface area contributed by atoms with Crippen molar-refractivity contribution in [3.8, 4) is 5.75 Å². The Bertz CT molecular complexity index is 1040. The van der Waals surface area contributed by atoms with Crippen molar-refractivity contribution in [2.75, 3.05) is 7.11 Å². The standard InChI is InChI=1S/C21H24N2O2S/c1-6-23-19-17(25-5)10-8-14(3)20(19)26-21(23)22-18(24)12-16-9-7-13(2)11-15(16)4/h7-11H,6,12H2,1-5H3. The molecule has 4 nitrogen and oxygen atoms in total. The zero-order chi connectivity index (χ0) is 18.8. The molecular formula is C21H24N2O2S. The Morgan fingerprint density at radius 1 is 1.15 bits per heavy atom. The molecular weight excluding hydrogens is 344 g/mol. The van der Waals surface area contributed by atoms with Crippen LogP contribution in [0.3, 0.4) is 0 Å². The number of rotatable bonds is 4. The number of aryl methyl sites for hydroxylation is 4. The number of carbonyl (C=O) groups is 1. The van der Waals surface area contributed by atoms with Crippen molar-refractivity contribution in [2.24, 2.45) is 4.99 Å². The number of ether oxygens (including phenoxy) is 1. The van der Waals surface area contributed by atoms with Crippen LogP contribution in [0, 0.1) is 20.8 Å². The van der Waals surface area contributed by atoms with Gasteiger partial charge in [0.2, 0.25) is 0 Å². The number of fused-ring (bicyclic) bond motifs is 1. The van der Waals surface area contributed by atoms with E-state index in [2.05, 4.69) is 36.4 Å². The summed E-state index contributed by atoms with van der Waals surface area (Å²) in [4.78, 5) is 17.8. The van der Waals surface area contributed by atoms with E-state index in [0.717, 1.165) is 44.0 Å². The van der Waals surface area contributed by atoms with Gasteiger partial charge in [0.15, 0.2) is 4.80 Å². The number of benzene rings is 2. The minimum atomic E-state index is -0.123. The Labute approximate surface area is 157 Å². The second-order valence-corrected chi connectivity index (χ2v) is 7.48. The smallest absolute Gasteiger partial charge is 0.252 e. The summed E-state index contributed by atoms with van der Waals surface area (Å²) in [7, 11) is 1.67. The number of hydrogen-bond acceptors (Lipinski definition) is 3. The number of thiazole rings is 1. The van der Waals surface area contributed by atoms with Gasteiger partial charge < -0.3 is 9.30 Å². The molecule has 3 rings (SSSR count). The first-order chi connectivity index (χ1) is 12.4. The van der Waals surface area contributed by atoms with E-state index < -0.39 is 0 Å². The molecule has 0 spiro atoms. The summed E-state index contributed by atoms with van der Waals surface area (Å²) in [5.74, 6) is 0.689. The maximum atomic E-state index is 12.6. The fraction of sp³-hybridized carbons (Fsp3) is 0.333. The number of aromatic nitrogens is 1. The van der Waals surface area contributed by atoms with Crippen LogP contribution in [-0.2, 0) is 17.8 Å². The predicted molar refractivity (Wildman–Crippen MR) is 107 cm³/mol. The maximum Gasteiger partial charge on any atom is 0.252 e. The quantitative estimate of drug-likeness (QED) is 0.688. The SMILES string of the molecule is CCn1c(=NC(=O)Cc2ccc(C)cc2C)sc2c(C)ccc(OC)c21. The second kappa shape index (κ2) is 7.46. The lowest BCUT2D eigenvalue weighted by Gasteiger charge is -2.07. The highest BCUT2D eigenvalue weighted by Crippen LogP contribution is 2.30. The van der Waals surface area contributed by atoms with Gasteiger partial charge in [-0.25, -0.2) is 0 Å². The molecule has 0 atom stereocenters. The molecule has 0 aliphatic rings. The largest absolute Gasteiger partial charge is 0.495 e. The number of nitrogens with zero attached hydrogens (tertiary/aromatic N) is 2. The molecule has 0 aliphatic carbocycles. The summed E-state index contributed by atoms with van der Waals surface area (Å²) in [6, 6.07) is 10.2. The number of amides is 1. The highest BCUT2D eigenvalue weighted by Gasteiger charge is 2.14. The zero-order valence-electron chi connectivity index (χ0n) is 15.9. The average Bonchev–Trinajstić information content (AvgIpc) is 2.97. The highest BCUT2D eigenvalue weighted by molar-refractivity contribution is 7.16. The predicted octanol–water partition coefficient (Wildman–Crippen LogP) is 4.33. The molecule has 0 saturated heterocycles. The van der Waals surface area contributed by atoms with E-state index in [1.54, 1.807) is 18.4 Å². The van der Waals surface area contributed by atoms with E-state index in [-0.39, 0.29) is 5.91 Å². The molecule has 1 amide bonds. The molecule has 3 aromatic rings. The molecule has 0 aliphatic heterocycles. The third-order valence-corrected chi connectivity index (χ3v) is 5.80. The van der Waals surface area contributed by atoms with Gasteiger partial charge in [-0.1, -0.05) is 41.2 Å². The average molecular weight is 369 g/mol. The Kier molecular flexibility index (Phi) is 5.28. The monoisotopic (exact) mass is 368 g/mol. The van der Waals surface area contributed by atoms with Gasteiger partial charge in [-0.3, -0.25) is 4.79 Å². The number of hydrogen-bond donors (Lipinski definition) is 0. The van der Waals surface area contributed by atoms with Crippen LogP contribution in [-0.4, -0.2) is 17.6 Å². The molecule has 0 unspecified atom stereocenters. The fourth-order valence-corrected chi connectivity index (χ4v) is 4.37. The maximum absolute atomic E-state index is 12.6. The first-order valence-corrected chi connectivity index (χ1v) is 9.56. The zero-order valence-corrected chi connectivity index (χ0v) is 16.7. The van der Waals surface area contributed by atoms with Crippen molar-refractivity contribution >= 4 is 27.5 Å². The van der Waals surface area contributed by atoms with Gasteiger partial charge in [-0.05, 0) is 50.5 Å². The van der Waals surface area contributed by atoms with Gasteiger partial charge in [0, 0.05) is 6.54 Å². The van der Waals surface area contributed by atoms with Gasteiger partial charge in [-0.15, -0.1) is 0 Å². The van der Waals surface area contributed by atoms with Crippen LogP contribution in [0.1, 0.15) is 29.2 Å². The van der Waals surface area contributed by atoms with Crippen LogP contribution >= 0.6 is 11.3 Å². The molecule has 1 aromatic heterocycles. The Morgan fingerprint density at radius 3 is 2.58 bits per heavy atom. The van der Waals surface area contributed by atoms with E-state index in [1.165, 1.54) is 5.56 Å². The van der Waals surface area contributed by atoms with Gasteiger partial charge in [-0.2, -0.15) is 4.99 Å². The van der Waals surface area contributed by atoms with Crippen molar-refractivity contribution in [3.63, 3.8) is 0 Å². The van der Waals surface area contributed by atoms with Crippen LogP contribution in [0.25, 0.3) is 10.2 Å². The van der Waals surface area contributed by atoms with E-state index in [9.17, 15) is 4.79 Å². The molecule has 0 fully saturated rings. The van der Waals surface area contributed by atoms with E-state index in [0.29, 0.717) is 6.42 Å². The van der Waals surface area contributed by atoms with Gasteiger partial charge in [0.1, 0.15) is 11.3 Å².